The van der Waals surface area contributed by atoms with Crippen molar-refractivity contribution in [1.29, 1.82) is 0 Å². The molecule has 0 bridgehead atoms. The predicted molar refractivity (Wildman–Crippen MR) is 26.0 cm³/mol. The molecule has 0 aliphatic carbocycles. The molecule has 0 aromatic heterocycles. The molecule has 0 aliphatic heterocycles. The van der Waals surface area contributed by atoms with E-state index in [4.69, 9.17) is 0 Å². The zero-order valence-electron chi connectivity index (χ0n) is 2.71. The third kappa shape index (κ3) is 11.1. The van der Waals surface area contributed by atoms with Gasteiger partial charge in [-0.3, -0.25) is 0 Å². The molecule has 0 radical (unpaired) electrons. The van der Waals surface area contributed by atoms with Gasteiger partial charge in [0, 0.05) is 0 Å². The van der Waals surface area contributed by atoms with Crippen molar-refractivity contribution in [2.75, 3.05) is 0 Å². The maximum atomic E-state index is 2.26. The van der Waals surface area contributed by atoms with Gasteiger partial charge in [0.05, 0.1) is 0 Å². The van der Waals surface area contributed by atoms with E-state index in [-0.39, 0.29) is 18.9 Å². The first kappa shape index (κ1) is 8.93. The van der Waals surface area contributed by atoms with E-state index in [2.05, 4.69) is 11.6 Å². The summed E-state index contributed by atoms with van der Waals surface area (Å²) in [7, 11) is 0. The van der Waals surface area contributed by atoms with Gasteiger partial charge in [-0.25, -0.2) is 0 Å². The van der Waals surface area contributed by atoms with Crippen molar-refractivity contribution in [3.63, 3.8) is 0 Å². The third-order valence-electron chi connectivity index (χ3n) is 0. The fourth-order valence-electron chi connectivity index (χ4n) is 0. The zero-order chi connectivity index (χ0) is 2.71. The van der Waals surface area contributed by atoms with Crippen LogP contribution in [0.25, 0.3) is 0 Å². The standard InChI is InChI=1S/2CH3.Al.Li.2H/h2*1H3;;;;. The van der Waals surface area contributed by atoms with E-state index in [0.717, 1.165) is 0 Å². The summed E-state index contributed by atoms with van der Waals surface area (Å²) >= 11 is 0.417. The van der Waals surface area contributed by atoms with Gasteiger partial charge in [-0.05, 0) is 0 Å². The first-order valence-corrected chi connectivity index (χ1v) is 4.24. The average molecular weight is 66.0 g/mol. The van der Waals surface area contributed by atoms with Gasteiger partial charge in [-0.1, -0.05) is 0 Å². The zero-order valence-corrected chi connectivity index (χ0v) is 4.12. The van der Waals surface area contributed by atoms with Crippen molar-refractivity contribution in [3.8, 4) is 0 Å². The second-order valence-corrected chi connectivity index (χ2v) is 2.12. The predicted octanol–water partition coefficient (Wildman–Crippen LogP) is -0.129. The first-order chi connectivity index (χ1) is 1.41. The van der Waals surface area contributed by atoms with Crippen molar-refractivity contribution >= 4 is 34.1 Å². The summed E-state index contributed by atoms with van der Waals surface area (Å²) in [5.41, 5.74) is 0. The summed E-state index contributed by atoms with van der Waals surface area (Å²) in [6.45, 7) is 0. The third-order valence-corrected chi connectivity index (χ3v) is 0. The molecule has 0 aromatic carbocycles. The van der Waals surface area contributed by atoms with Crippen LogP contribution in [0.4, 0.5) is 0 Å². The van der Waals surface area contributed by atoms with Crippen molar-refractivity contribution < 1.29 is 0 Å². The molecule has 0 atom stereocenters. The van der Waals surface area contributed by atoms with Crippen LogP contribution >= 0.6 is 0 Å². The minimum absolute atomic E-state index is 0. The monoisotopic (exact) mass is 66.1 g/mol. The Morgan fingerprint density at radius 1 is 1.25 bits per heavy atom. The van der Waals surface area contributed by atoms with E-state index >= 15 is 0 Å². The van der Waals surface area contributed by atoms with Crippen molar-refractivity contribution in [2.24, 2.45) is 0 Å². The number of hydrogen-bond donors (Lipinski definition) is 0. The van der Waals surface area contributed by atoms with Gasteiger partial charge in [0.2, 0.25) is 15.2 Å². The van der Waals surface area contributed by atoms with Crippen LogP contribution < -0.4 is 0 Å². The minimum atomic E-state index is 0. The summed E-state index contributed by atoms with van der Waals surface area (Å²) in [4.78, 5) is 0. The van der Waals surface area contributed by atoms with Gasteiger partial charge in [0.15, 0.2) is 0 Å². The van der Waals surface area contributed by atoms with Crippen LogP contribution in [0.2, 0.25) is 11.6 Å². The molecule has 0 heterocycles. The molecule has 20 valence electrons. The summed E-state index contributed by atoms with van der Waals surface area (Å²) in [6.07, 6.45) is 0. The van der Waals surface area contributed by atoms with Gasteiger partial charge in [-0.15, -0.1) is 11.6 Å². The molecule has 0 spiro atoms. The van der Waals surface area contributed by atoms with Crippen LogP contribution in [0.1, 0.15) is 0 Å². The van der Waals surface area contributed by atoms with Crippen LogP contribution in [0, 0.1) is 0 Å². The van der Waals surface area contributed by atoms with E-state index in [0.29, 0.717) is 15.2 Å². The van der Waals surface area contributed by atoms with Crippen molar-refractivity contribution in [1.82, 2.24) is 0 Å². The quantitative estimate of drug-likeness (QED) is 0.345. The van der Waals surface area contributed by atoms with E-state index in [1.165, 1.54) is 0 Å². The average Bonchev–Trinajstić information content (AvgIpc) is 0.918. The molecule has 0 unspecified atom stereocenters. The SMILES string of the molecule is [CH3][AlH][CH3].[LiH]. The fourth-order valence-corrected chi connectivity index (χ4v) is 0. The maximum absolute atomic E-state index is 2.26. The fraction of sp³-hybridized carbons (Fsp3) is 1.00. The van der Waals surface area contributed by atoms with Crippen molar-refractivity contribution in [3.05, 3.63) is 0 Å². The van der Waals surface area contributed by atoms with E-state index in [1.54, 1.807) is 0 Å². The van der Waals surface area contributed by atoms with E-state index in [1.807, 2.05) is 0 Å². The van der Waals surface area contributed by atoms with Gasteiger partial charge in [-0.2, -0.15) is 0 Å². The number of hydrogen-bond acceptors (Lipinski definition) is 0. The molecule has 4 heavy (non-hydrogen) atoms. The molecule has 0 nitrogen and oxygen atoms in total. The Morgan fingerprint density at radius 2 is 1.25 bits per heavy atom. The molecule has 0 fully saturated rings. The van der Waals surface area contributed by atoms with Gasteiger partial charge in [0.1, 0.15) is 0 Å². The topological polar surface area (TPSA) is 0 Å². The summed E-state index contributed by atoms with van der Waals surface area (Å²) in [6, 6.07) is 0. The van der Waals surface area contributed by atoms with E-state index < -0.39 is 0 Å². The van der Waals surface area contributed by atoms with Crippen LogP contribution in [-0.2, 0) is 0 Å². The Labute approximate surface area is 45.9 Å². The van der Waals surface area contributed by atoms with Gasteiger partial charge < -0.3 is 0 Å². The summed E-state index contributed by atoms with van der Waals surface area (Å²) in [5, 5.41) is 0. The molecule has 2 heteroatoms. The Bertz CT molecular complexity index is 6.00. The molecule has 0 aliphatic rings. The Hall–Kier alpha value is 1.13. The van der Waals surface area contributed by atoms with Crippen LogP contribution in [0.3, 0.4) is 0 Å². The van der Waals surface area contributed by atoms with Crippen LogP contribution in [0.15, 0.2) is 0 Å². The number of rotatable bonds is 0. The summed E-state index contributed by atoms with van der Waals surface area (Å²) in [5.74, 6) is 4.53. The molecule has 0 aromatic rings. The Morgan fingerprint density at radius 3 is 1.25 bits per heavy atom. The van der Waals surface area contributed by atoms with Crippen LogP contribution in [0.5, 0.6) is 0 Å². The van der Waals surface area contributed by atoms with Gasteiger partial charge >= 0.3 is 18.9 Å². The van der Waals surface area contributed by atoms with Crippen LogP contribution in [-0.4, -0.2) is 34.1 Å². The molecular formula is C2H8AlLi. The van der Waals surface area contributed by atoms with Crippen molar-refractivity contribution in [2.45, 2.75) is 11.6 Å². The summed E-state index contributed by atoms with van der Waals surface area (Å²) < 4.78 is 0. The normalized spacial score (nSPS) is 3.50. The Kier molecular flexibility index (Phi) is 19.9. The molecular weight excluding hydrogens is 57.9 g/mol. The molecule has 0 rings (SSSR count). The molecule has 0 amide bonds. The molecule has 0 saturated heterocycles. The Balaban J connectivity index is 0. The van der Waals surface area contributed by atoms with Gasteiger partial charge in [0.25, 0.3) is 0 Å². The second kappa shape index (κ2) is 8.92. The second-order valence-electron chi connectivity index (χ2n) is 0.707. The van der Waals surface area contributed by atoms with E-state index in [9.17, 15) is 0 Å². The molecule has 0 N–H and O–H groups in total. The molecule has 0 saturated carbocycles. The first-order valence-electron chi connectivity index (χ1n) is 1.41.